The lowest BCUT2D eigenvalue weighted by atomic mass is 10.0. The van der Waals surface area contributed by atoms with E-state index in [0.717, 1.165) is 27.8 Å². The van der Waals surface area contributed by atoms with Gasteiger partial charge in [0, 0.05) is 22.2 Å². The number of halogens is 2. The molecule has 0 saturated carbocycles. The third-order valence-corrected chi connectivity index (χ3v) is 3.72. The molecule has 0 aromatic heterocycles. The van der Waals surface area contributed by atoms with Crippen molar-refractivity contribution in [2.24, 2.45) is 0 Å². The van der Waals surface area contributed by atoms with E-state index in [9.17, 15) is 4.79 Å². The molecule has 0 unspecified atom stereocenters. The molecule has 17 heavy (non-hydrogen) atoms. The van der Waals surface area contributed by atoms with Crippen molar-refractivity contribution in [3.8, 4) is 0 Å². The Morgan fingerprint density at radius 1 is 1.47 bits per heavy atom. The van der Waals surface area contributed by atoms with E-state index in [1.54, 1.807) is 6.07 Å². The molecule has 5 heteroatoms. The van der Waals surface area contributed by atoms with Crippen LogP contribution in [0.3, 0.4) is 0 Å². The van der Waals surface area contributed by atoms with Crippen molar-refractivity contribution in [3.05, 3.63) is 37.9 Å². The highest BCUT2D eigenvalue weighted by atomic mass is 127. The molecule has 1 aromatic rings. The Hall–Kier alpha value is -0.590. The minimum Gasteiger partial charge on any atom is -0.321 e. The van der Waals surface area contributed by atoms with Gasteiger partial charge in [0.05, 0.1) is 10.7 Å². The number of benzene rings is 1. The maximum absolute atomic E-state index is 12.0. The SMILES string of the molecule is CC(C(=O)Nc1cc(I)ccc1Cl)=C1CNC1. The van der Waals surface area contributed by atoms with Crippen LogP contribution in [0.5, 0.6) is 0 Å². The molecule has 1 amide bonds. The summed E-state index contributed by atoms with van der Waals surface area (Å²) < 4.78 is 1.04. The lowest BCUT2D eigenvalue weighted by molar-refractivity contribution is -0.112. The molecule has 2 N–H and O–H groups in total. The number of nitrogens with one attached hydrogen (secondary N) is 2. The van der Waals surface area contributed by atoms with Gasteiger partial charge in [-0.15, -0.1) is 0 Å². The number of rotatable bonds is 2. The highest BCUT2D eigenvalue weighted by molar-refractivity contribution is 14.1. The summed E-state index contributed by atoms with van der Waals surface area (Å²) >= 11 is 8.21. The molecule has 0 atom stereocenters. The van der Waals surface area contributed by atoms with Gasteiger partial charge >= 0.3 is 0 Å². The van der Waals surface area contributed by atoms with E-state index >= 15 is 0 Å². The van der Waals surface area contributed by atoms with Crippen molar-refractivity contribution in [1.29, 1.82) is 0 Å². The zero-order valence-electron chi connectivity index (χ0n) is 9.31. The van der Waals surface area contributed by atoms with Gasteiger partial charge in [-0.2, -0.15) is 0 Å². The zero-order valence-corrected chi connectivity index (χ0v) is 12.2. The summed E-state index contributed by atoms with van der Waals surface area (Å²) in [6.07, 6.45) is 0. The van der Waals surface area contributed by atoms with Crippen molar-refractivity contribution >= 4 is 45.8 Å². The highest BCUT2D eigenvalue weighted by Crippen LogP contribution is 2.24. The molecule has 3 nitrogen and oxygen atoms in total. The van der Waals surface area contributed by atoms with Crippen LogP contribution in [-0.4, -0.2) is 19.0 Å². The summed E-state index contributed by atoms with van der Waals surface area (Å²) in [5.41, 5.74) is 2.60. The van der Waals surface area contributed by atoms with E-state index in [1.165, 1.54) is 0 Å². The monoisotopic (exact) mass is 362 g/mol. The highest BCUT2D eigenvalue weighted by Gasteiger charge is 2.16. The van der Waals surface area contributed by atoms with Gasteiger partial charge in [-0.05, 0) is 53.3 Å². The van der Waals surface area contributed by atoms with Crippen LogP contribution in [0.15, 0.2) is 29.3 Å². The van der Waals surface area contributed by atoms with Crippen LogP contribution in [0.4, 0.5) is 5.69 Å². The Morgan fingerprint density at radius 2 is 2.18 bits per heavy atom. The first-order valence-corrected chi connectivity index (χ1v) is 6.69. The molecule has 0 spiro atoms. The Morgan fingerprint density at radius 3 is 2.76 bits per heavy atom. The van der Waals surface area contributed by atoms with E-state index in [4.69, 9.17) is 11.6 Å². The van der Waals surface area contributed by atoms with E-state index < -0.39 is 0 Å². The third kappa shape index (κ3) is 3.00. The van der Waals surface area contributed by atoms with E-state index in [-0.39, 0.29) is 5.91 Å². The summed E-state index contributed by atoms with van der Waals surface area (Å²) in [6.45, 7) is 3.45. The van der Waals surface area contributed by atoms with Crippen LogP contribution in [0, 0.1) is 3.57 Å². The molecule has 1 aliphatic heterocycles. The van der Waals surface area contributed by atoms with Crippen LogP contribution in [0.1, 0.15) is 6.92 Å². The van der Waals surface area contributed by atoms with Crippen LogP contribution in [0.2, 0.25) is 5.02 Å². The Labute approximate surface area is 119 Å². The molecule has 1 aliphatic rings. The maximum Gasteiger partial charge on any atom is 0.251 e. The number of amides is 1. The minimum absolute atomic E-state index is 0.0783. The second-order valence-electron chi connectivity index (χ2n) is 3.91. The summed E-state index contributed by atoms with van der Waals surface area (Å²) in [7, 11) is 0. The predicted molar refractivity (Wildman–Crippen MR) is 78.4 cm³/mol. The first-order valence-electron chi connectivity index (χ1n) is 5.23. The van der Waals surface area contributed by atoms with Crippen LogP contribution in [0.25, 0.3) is 0 Å². The van der Waals surface area contributed by atoms with Crippen LogP contribution < -0.4 is 10.6 Å². The van der Waals surface area contributed by atoms with Crippen molar-refractivity contribution in [2.45, 2.75) is 6.92 Å². The molecular formula is C12H12ClIN2O. The molecule has 1 saturated heterocycles. The molecule has 1 fully saturated rings. The van der Waals surface area contributed by atoms with Gasteiger partial charge in [-0.1, -0.05) is 11.6 Å². The van der Waals surface area contributed by atoms with Crippen molar-refractivity contribution in [1.82, 2.24) is 5.32 Å². The minimum atomic E-state index is -0.0783. The Balaban J connectivity index is 2.15. The van der Waals surface area contributed by atoms with Crippen molar-refractivity contribution < 1.29 is 4.79 Å². The Bertz CT molecular complexity index is 493. The smallest absolute Gasteiger partial charge is 0.251 e. The molecule has 90 valence electrons. The van der Waals surface area contributed by atoms with Crippen LogP contribution in [-0.2, 0) is 4.79 Å². The number of anilines is 1. The number of carbonyl (C=O) groups excluding carboxylic acids is 1. The quantitative estimate of drug-likeness (QED) is 0.627. The topological polar surface area (TPSA) is 41.1 Å². The predicted octanol–water partition coefficient (Wildman–Crippen LogP) is 2.80. The number of carbonyl (C=O) groups is 1. The maximum atomic E-state index is 12.0. The average Bonchev–Trinajstić information content (AvgIpc) is 2.21. The summed E-state index contributed by atoms with van der Waals surface area (Å²) in [6, 6.07) is 5.55. The third-order valence-electron chi connectivity index (χ3n) is 2.72. The van der Waals surface area contributed by atoms with E-state index in [2.05, 4.69) is 33.2 Å². The van der Waals surface area contributed by atoms with Gasteiger partial charge in [0.15, 0.2) is 0 Å². The molecule has 1 heterocycles. The lowest BCUT2D eigenvalue weighted by Gasteiger charge is -2.21. The first-order chi connectivity index (χ1) is 8.08. The van der Waals surface area contributed by atoms with Crippen molar-refractivity contribution in [2.75, 3.05) is 18.4 Å². The second-order valence-corrected chi connectivity index (χ2v) is 5.56. The molecule has 2 rings (SSSR count). The van der Waals surface area contributed by atoms with Gasteiger partial charge in [0.2, 0.25) is 0 Å². The Kier molecular flexibility index (Phi) is 4.06. The molecule has 0 aliphatic carbocycles. The number of hydrogen-bond donors (Lipinski definition) is 2. The fraction of sp³-hybridized carbons (Fsp3) is 0.250. The van der Waals surface area contributed by atoms with Gasteiger partial charge < -0.3 is 10.6 Å². The van der Waals surface area contributed by atoms with E-state index in [0.29, 0.717) is 10.7 Å². The fourth-order valence-electron chi connectivity index (χ4n) is 1.49. The summed E-state index contributed by atoms with van der Waals surface area (Å²) in [4.78, 5) is 12.0. The zero-order chi connectivity index (χ0) is 12.4. The average molecular weight is 363 g/mol. The van der Waals surface area contributed by atoms with Gasteiger partial charge in [0.1, 0.15) is 0 Å². The number of hydrogen-bond acceptors (Lipinski definition) is 2. The van der Waals surface area contributed by atoms with Gasteiger partial charge in [0.25, 0.3) is 5.91 Å². The van der Waals surface area contributed by atoms with Crippen LogP contribution >= 0.6 is 34.2 Å². The van der Waals surface area contributed by atoms with E-state index in [1.807, 2.05) is 19.1 Å². The summed E-state index contributed by atoms with van der Waals surface area (Å²) in [5.74, 6) is -0.0783. The fourth-order valence-corrected chi connectivity index (χ4v) is 2.14. The van der Waals surface area contributed by atoms with Crippen molar-refractivity contribution in [3.63, 3.8) is 0 Å². The van der Waals surface area contributed by atoms with Gasteiger partial charge in [-0.25, -0.2) is 0 Å². The standard InChI is InChI=1S/C12H12ClIN2O/c1-7(8-5-15-6-8)12(17)16-11-4-9(14)2-3-10(11)13/h2-4,15H,5-6H2,1H3,(H,16,17). The largest absolute Gasteiger partial charge is 0.321 e. The lowest BCUT2D eigenvalue weighted by Crippen LogP contribution is -2.36. The molecular weight excluding hydrogens is 351 g/mol. The summed E-state index contributed by atoms with van der Waals surface area (Å²) in [5, 5.41) is 6.51. The van der Waals surface area contributed by atoms with Gasteiger partial charge in [-0.3, -0.25) is 4.79 Å². The molecule has 0 bridgehead atoms. The molecule has 1 aromatic carbocycles. The second kappa shape index (κ2) is 5.37. The normalized spacial score (nSPS) is 14.2. The molecule has 0 radical (unpaired) electrons. The first kappa shape index (κ1) is 12.9.